The predicted molar refractivity (Wildman–Crippen MR) is 63.9 cm³/mol. The van der Waals surface area contributed by atoms with E-state index in [0.29, 0.717) is 5.92 Å². The Labute approximate surface area is 94.1 Å². The predicted octanol–water partition coefficient (Wildman–Crippen LogP) is 1.49. The molecule has 15 heavy (non-hydrogen) atoms. The van der Waals surface area contributed by atoms with Gasteiger partial charge in [0.1, 0.15) is 0 Å². The second-order valence-corrected chi connectivity index (χ2v) is 5.33. The van der Waals surface area contributed by atoms with Gasteiger partial charge >= 0.3 is 0 Å². The molecule has 3 heteroatoms. The van der Waals surface area contributed by atoms with Crippen LogP contribution < -0.4 is 0 Å². The van der Waals surface area contributed by atoms with Gasteiger partial charge < -0.3 is 15.1 Å². The van der Waals surface area contributed by atoms with Crippen molar-refractivity contribution in [2.45, 2.75) is 51.7 Å². The van der Waals surface area contributed by atoms with Crippen molar-refractivity contribution < 1.29 is 10.2 Å². The van der Waals surface area contributed by atoms with Crippen molar-refractivity contribution in [3.05, 3.63) is 0 Å². The normalized spacial score (nSPS) is 16.8. The molecule has 0 radical (unpaired) electrons. The Morgan fingerprint density at radius 2 is 1.67 bits per heavy atom. The fraction of sp³-hybridized carbons (Fsp3) is 1.00. The molecular formula is C12H27NO2. The molecule has 0 bridgehead atoms. The minimum absolute atomic E-state index is 0.179. The third-order valence-corrected chi connectivity index (χ3v) is 2.99. The molecule has 3 nitrogen and oxygen atoms in total. The van der Waals surface area contributed by atoms with Gasteiger partial charge in [-0.15, -0.1) is 0 Å². The van der Waals surface area contributed by atoms with Crippen LogP contribution in [0.5, 0.6) is 0 Å². The molecule has 0 spiro atoms. The first-order valence-corrected chi connectivity index (χ1v) is 5.78. The van der Waals surface area contributed by atoms with Crippen molar-refractivity contribution in [1.29, 1.82) is 0 Å². The topological polar surface area (TPSA) is 43.7 Å². The van der Waals surface area contributed by atoms with Gasteiger partial charge in [-0.05, 0) is 53.1 Å². The van der Waals surface area contributed by atoms with Gasteiger partial charge in [0.25, 0.3) is 0 Å². The van der Waals surface area contributed by atoms with Crippen molar-refractivity contribution >= 4 is 0 Å². The number of hydrogen-bond acceptors (Lipinski definition) is 3. The summed E-state index contributed by atoms with van der Waals surface area (Å²) in [4.78, 5) is 2.08. The average molecular weight is 217 g/mol. The fourth-order valence-corrected chi connectivity index (χ4v) is 2.05. The van der Waals surface area contributed by atoms with Crippen molar-refractivity contribution in [3.8, 4) is 0 Å². The Morgan fingerprint density at radius 1 is 1.13 bits per heavy atom. The minimum atomic E-state index is -0.664. The summed E-state index contributed by atoms with van der Waals surface area (Å²) in [5.74, 6) is 0.528. The summed E-state index contributed by atoms with van der Waals surface area (Å²) in [6.07, 6.45) is 2.87. The highest BCUT2D eigenvalue weighted by molar-refractivity contribution is 4.83. The van der Waals surface area contributed by atoms with Crippen LogP contribution in [-0.4, -0.2) is 47.5 Å². The van der Waals surface area contributed by atoms with E-state index in [1.807, 2.05) is 27.9 Å². The average Bonchev–Trinajstić information content (AvgIpc) is 2.01. The van der Waals surface area contributed by atoms with Crippen molar-refractivity contribution in [1.82, 2.24) is 4.90 Å². The zero-order valence-electron chi connectivity index (χ0n) is 10.8. The van der Waals surface area contributed by atoms with Crippen LogP contribution in [0.1, 0.15) is 40.0 Å². The van der Waals surface area contributed by atoms with Crippen LogP contribution in [0, 0.1) is 5.92 Å². The standard InChI is InChI=1S/C12H27NO2/c1-10(8-9-14)6-7-11(13(4)5)12(2,3)15/h10-11,14-15H,6-9H2,1-5H3. The maximum Gasteiger partial charge on any atom is 0.0746 e. The lowest BCUT2D eigenvalue weighted by Crippen LogP contribution is -2.46. The Balaban J connectivity index is 4.09. The smallest absolute Gasteiger partial charge is 0.0746 e. The van der Waals surface area contributed by atoms with E-state index in [1.54, 1.807) is 0 Å². The highest BCUT2D eigenvalue weighted by Crippen LogP contribution is 2.21. The van der Waals surface area contributed by atoms with E-state index in [4.69, 9.17) is 5.11 Å². The molecule has 0 amide bonds. The molecule has 0 aromatic carbocycles. The van der Waals surface area contributed by atoms with Gasteiger partial charge in [0.2, 0.25) is 0 Å². The summed E-state index contributed by atoms with van der Waals surface area (Å²) in [6, 6.07) is 0.179. The molecule has 0 aliphatic carbocycles. The van der Waals surface area contributed by atoms with Gasteiger partial charge in [-0.2, -0.15) is 0 Å². The first-order chi connectivity index (χ1) is 6.79. The van der Waals surface area contributed by atoms with E-state index in [1.165, 1.54) is 0 Å². The molecule has 92 valence electrons. The zero-order valence-corrected chi connectivity index (χ0v) is 10.8. The van der Waals surface area contributed by atoms with Gasteiger partial charge in [-0.1, -0.05) is 6.92 Å². The molecule has 0 aromatic rings. The first kappa shape index (κ1) is 14.9. The van der Waals surface area contributed by atoms with Crippen molar-refractivity contribution in [3.63, 3.8) is 0 Å². The maximum absolute atomic E-state index is 10.00. The zero-order chi connectivity index (χ0) is 12.1. The lowest BCUT2D eigenvalue weighted by molar-refractivity contribution is -0.00798. The summed E-state index contributed by atoms with van der Waals surface area (Å²) in [5.41, 5.74) is -0.664. The second-order valence-electron chi connectivity index (χ2n) is 5.33. The van der Waals surface area contributed by atoms with Gasteiger partial charge in [-0.3, -0.25) is 0 Å². The molecule has 0 heterocycles. The quantitative estimate of drug-likeness (QED) is 0.679. The van der Waals surface area contributed by atoms with Gasteiger partial charge in [0.15, 0.2) is 0 Å². The number of rotatable bonds is 7. The van der Waals surface area contributed by atoms with Crippen LogP contribution in [0.4, 0.5) is 0 Å². The van der Waals surface area contributed by atoms with Gasteiger partial charge in [0.05, 0.1) is 5.60 Å². The molecule has 0 saturated carbocycles. The van der Waals surface area contributed by atoms with Crippen LogP contribution >= 0.6 is 0 Å². The Bertz CT molecular complexity index is 163. The van der Waals surface area contributed by atoms with Gasteiger partial charge in [0, 0.05) is 12.6 Å². The molecule has 0 aromatic heterocycles. The first-order valence-electron chi connectivity index (χ1n) is 5.78. The highest BCUT2D eigenvalue weighted by Gasteiger charge is 2.28. The monoisotopic (exact) mass is 217 g/mol. The fourth-order valence-electron chi connectivity index (χ4n) is 2.05. The molecule has 0 aliphatic rings. The molecule has 2 unspecified atom stereocenters. The Morgan fingerprint density at radius 3 is 2.00 bits per heavy atom. The van der Waals surface area contributed by atoms with E-state index >= 15 is 0 Å². The molecule has 0 fully saturated rings. The summed E-state index contributed by atoms with van der Waals surface area (Å²) in [6.45, 7) is 6.12. The third kappa shape index (κ3) is 6.13. The summed E-state index contributed by atoms with van der Waals surface area (Å²) < 4.78 is 0. The second kappa shape index (κ2) is 6.46. The van der Waals surface area contributed by atoms with E-state index < -0.39 is 5.60 Å². The lowest BCUT2D eigenvalue weighted by atomic mass is 9.90. The van der Waals surface area contributed by atoms with Crippen LogP contribution in [0.2, 0.25) is 0 Å². The molecule has 2 N–H and O–H groups in total. The maximum atomic E-state index is 10.00. The summed E-state index contributed by atoms with van der Waals surface area (Å²) in [7, 11) is 4.00. The number of aliphatic hydroxyl groups is 2. The summed E-state index contributed by atoms with van der Waals surface area (Å²) in [5, 5.41) is 18.8. The van der Waals surface area contributed by atoms with Crippen molar-refractivity contribution in [2.24, 2.45) is 5.92 Å². The molecule has 0 rings (SSSR count). The molecule has 2 atom stereocenters. The van der Waals surface area contributed by atoms with Crippen molar-refractivity contribution in [2.75, 3.05) is 20.7 Å². The summed E-state index contributed by atoms with van der Waals surface area (Å²) >= 11 is 0. The number of hydrogen-bond donors (Lipinski definition) is 2. The molecular weight excluding hydrogens is 190 g/mol. The lowest BCUT2D eigenvalue weighted by Gasteiger charge is -2.35. The minimum Gasteiger partial charge on any atom is -0.396 e. The molecule has 0 saturated heterocycles. The Hall–Kier alpha value is -0.120. The van der Waals surface area contributed by atoms with E-state index in [2.05, 4.69) is 11.8 Å². The van der Waals surface area contributed by atoms with Crippen LogP contribution in [0.3, 0.4) is 0 Å². The SMILES string of the molecule is CC(CCO)CCC(N(C)C)C(C)(C)O. The third-order valence-electron chi connectivity index (χ3n) is 2.99. The van der Waals surface area contributed by atoms with E-state index in [-0.39, 0.29) is 12.6 Å². The van der Waals surface area contributed by atoms with E-state index in [9.17, 15) is 5.11 Å². The highest BCUT2D eigenvalue weighted by atomic mass is 16.3. The van der Waals surface area contributed by atoms with Crippen LogP contribution in [0.15, 0.2) is 0 Å². The molecule has 0 aliphatic heterocycles. The Kier molecular flexibility index (Phi) is 6.41. The van der Waals surface area contributed by atoms with E-state index in [0.717, 1.165) is 19.3 Å². The largest absolute Gasteiger partial charge is 0.396 e. The number of aliphatic hydroxyl groups excluding tert-OH is 1. The number of nitrogens with zero attached hydrogens (tertiary/aromatic N) is 1. The number of likely N-dealkylation sites (N-methyl/N-ethyl adjacent to an activating group) is 1. The van der Waals surface area contributed by atoms with Gasteiger partial charge in [-0.25, -0.2) is 0 Å². The van der Waals surface area contributed by atoms with Crippen LogP contribution in [-0.2, 0) is 0 Å². The van der Waals surface area contributed by atoms with Crippen LogP contribution in [0.25, 0.3) is 0 Å².